The Labute approximate surface area is 93.2 Å². The Kier molecular flexibility index (Phi) is 7.34. The summed E-state index contributed by atoms with van der Waals surface area (Å²) in [4.78, 5) is 13.6. The summed E-state index contributed by atoms with van der Waals surface area (Å²) in [5.41, 5.74) is 5.74. The standard InChI is InChI=1S/C11H25N3O/c1-9(2)8-10(12)11(15)13-6-5-7-14(3)4/h9-10H,5-8,12H2,1-4H3,(H,13,15)/t10-/m0/s1. The maximum absolute atomic E-state index is 11.5. The Balaban J connectivity index is 3.56. The first-order chi connectivity index (χ1) is 6.93. The fourth-order valence-electron chi connectivity index (χ4n) is 1.35. The molecule has 1 amide bonds. The molecule has 15 heavy (non-hydrogen) atoms. The van der Waals surface area contributed by atoms with Crippen LogP contribution in [0.15, 0.2) is 0 Å². The zero-order valence-corrected chi connectivity index (χ0v) is 10.4. The van der Waals surface area contributed by atoms with E-state index < -0.39 is 0 Å². The van der Waals surface area contributed by atoms with E-state index >= 15 is 0 Å². The van der Waals surface area contributed by atoms with E-state index in [0.717, 1.165) is 19.4 Å². The van der Waals surface area contributed by atoms with Crippen LogP contribution in [0.5, 0.6) is 0 Å². The minimum absolute atomic E-state index is 0.0255. The Morgan fingerprint density at radius 2 is 2.00 bits per heavy atom. The summed E-state index contributed by atoms with van der Waals surface area (Å²) in [6.45, 7) is 5.83. The van der Waals surface area contributed by atoms with Gasteiger partial charge in [-0.3, -0.25) is 4.79 Å². The van der Waals surface area contributed by atoms with E-state index in [-0.39, 0.29) is 11.9 Å². The fourth-order valence-corrected chi connectivity index (χ4v) is 1.35. The minimum Gasteiger partial charge on any atom is -0.355 e. The summed E-state index contributed by atoms with van der Waals surface area (Å²) in [5.74, 6) is 0.440. The molecule has 0 aliphatic rings. The van der Waals surface area contributed by atoms with Crippen LogP contribution in [0, 0.1) is 5.92 Å². The average molecular weight is 215 g/mol. The number of carbonyl (C=O) groups is 1. The number of nitrogens with zero attached hydrogens (tertiary/aromatic N) is 1. The van der Waals surface area contributed by atoms with Gasteiger partial charge in [0.15, 0.2) is 0 Å². The third-order valence-corrected chi connectivity index (χ3v) is 2.14. The lowest BCUT2D eigenvalue weighted by atomic mass is 10.0. The molecule has 4 heteroatoms. The number of nitrogens with one attached hydrogen (secondary N) is 1. The van der Waals surface area contributed by atoms with Crippen LogP contribution in [-0.4, -0.2) is 44.0 Å². The summed E-state index contributed by atoms with van der Waals surface area (Å²) in [6.07, 6.45) is 1.71. The molecule has 3 N–H and O–H groups in total. The summed E-state index contributed by atoms with van der Waals surface area (Å²) >= 11 is 0. The molecule has 0 rings (SSSR count). The van der Waals surface area contributed by atoms with Gasteiger partial charge < -0.3 is 16.0 Å². The molecular formula is C11H25N3O. The molecular weight excluding hydrogens is 190 g/mol. The highest BCUT2D eigenvalue weighted by Gasteiger charge is 2.13. The first-order valence-corrected chi connectivity index (χ1v) is 5.61. The predicted molar refractivity (Wildman–Crippen MR) is 63.6 cm³/mol. The highest BCUT2D eigenvalue weighted by Crippen LogP contribution is 2.02. The van der Waals surface area contributed by atoms with Crippen LogP contribution in [-0.2, 0) is 4.79 Å². The molecule has 0 saturated heterocycles. The Hall–Kier alpha value is -0.610. The number of nitrogens with two attached hydrogens (primary N) is 1. The van der Waals surface area contributed by atoms with E-state index in [4.69, 9.17) is 5.73 Å². The van der Waals surface area contributed by atoms with Gasteiger partial charge in [0, 0.05) is 6.54 Å². The van der Waals surface area contributed by atoms with Gasteiger partial charge in [0.05, 0.1) is 6.04 Å². The molecule has 0 aromatic heterocycles. The van der Waals surface area contributed by atoms with Crippen molar-refractivity contribution in [2.24, 2.45) is 11.7 Å². The minimum atomic E-state index is -0.357. The smallest absolute Gasteiger partial charge is 0.236 e. The highest BCUT2D eigenvalue weighted by molar-refractivity contribution is 5.81. The maximum atomic E-state index is 11.5. The molecule has 0 aromatic carbocycles. The van der Waals surface area contributed by atoms with Crippen LogP contribution in [0.4, 0.5) is 0 Å². The van der Waals surface area contributed by atoms with Crippen molar-refractivity contribution in [2.75, 3.05) is 27.2 Å². The van der Waals surface area contributed by atoms with Crippen LogP contribution in [0.25, 0.3) is 0 Å². The van der Waals surface area contributed by atoms with Gasteiger partial charge in [0.1, 0.15) is 0 Å². The van der Waals surface area contributed by atoms with Gasteiger partial charge in [-0.2, -0.15) is 0 Å². The van der Waals surface area contributed by atoms with Gasteiger partial charge in [-0.15, -0.1) is 0 Å². The molecule has 1 atom stereocenters. The van der Waals surface area contributed by atoms with Crippen molar-refractivity contribution in [1.82, 2.24) is 10.2 Å². The molecule has 0 saturated carbocycles. The average Bonchev–Trinajstić information content (AvgIpc) is 2.10. The van der Waals surface area contributed by atoms with Gasteiger partial charge in [0.2, 0.25) is 5.91 Å². The SMILES string of the molecule is CC(C)C[C@H](N)C(=O)NCCCN(C)C. The number of amides is 1. The van der Waals surface area contributed by atoms with Crippen LogP contribution in [0.2, 0.25) is 0 Å². The topological polar surface area (TPSA) is 58.4 Å². The second-order valence-electron chi connectivity index (χ2n) is 4.68. The molecule has 0 heterocycles. The number of hydrogen-bond donors (Lipinski definition) is 2. The van der Waals surface area contributed by atoms with E-state index in [1.807, 2.05) is 14.1 Å². The van der Waals surface area contributed by atoms with Crippen LogP contribution in [0.1, 0.15) is 26.7 Å². The van der Waals surface area contributed by atoms with Crippen molar-refractivity contribution in [2.45, 2.75) is 32.7 Å². The summed E-state index contributed by atoms with van der Waals surface area (Å²) in [7, 11) is 4.04. The van der Waals surface area contributed by atoms with E-state index in [1.54, 1.807) is 0 Å². The van der Waals surface area contributed by atoms with Gasteiger partial charge in [0.25, 0.3) is 0 Å². The molecule has 0 aliphatic carbocycles. The Morgan fingerprint density at radius 3 is 2.47 bits per heavy atom. The molecule has 0 unspecified atom stereocenters. The van der Waals surface area contributed by atoms with Crippen LogP contribution < -0.4 is 11.1 Å². The lowest BCUT2D eigenvalue weighted by Crippen LogP contribution is -2.42. The normalized spacial score (nSPS) is 13.3. The summed E-state index contributed by atoms with van der Waals surface area (Å²) in [5, 5.41) is 2.85. The van der Waals surface area contributed by atoms with Crippen LogP contribution >= 0.6 is 0 Å². The van der Waals surface area contributed by atoms with Crippen molar-refractivity contribution >= 4 is 5.91 Å². The van der Waals surface area contributed by atoms with Crippen LogP contribution in [0.3, 0.4) is 0 Å². The third kappa shape index (κ3) is 8.39. The van der Waals surface area contributed by atoms with E-state index in [1.165, 1.54) is 0 Å². The monoisotopic (exact) mass is 215 g/mol. The fraction of sp³-hybridized carbons (Fsp3) is 0.909. The van der Waals surface area contributed by atoms with Crippen molar-refractivity contribution in [3.05, 3.63) is 0 Å². The van der Waals surface area contributed by atoms with Crippen molar-refractivity contribution in [3.63, 3.8) is 0 Å². The number of hydrogen-bond acceptors (Lipinski definition) is 3. The molecule has 0 bridgehead atoms. The first kappa shape index (κ1) is 14.4. The van der Waals surface area contributed by atoms with Gasteiger partial charge in [-0.25, -0.2) is 0 Å². The summed E-state index contributed by atoms with van der Waals surface area (Å²) in [6, 6.07) is -0.357. The predicted octanol–water partition coefficient (Wildman–Crippen LogP) is 0.428. The maximum Gasteiger partial charge on any atom is 0.236 e. The summed E-state index contributed by atoms with van der Waals surface area (Å²) < 4.78 is 0. The quantitative estimate of drug-likeness (QED) is 0.605. The Bertz CT molecular complexity index is 181. The molecule has 0 fully saturated rings. The lowest BCUT2D eigenvalue weighted by Gasteiger charge is -2.15. The second-order valence-corrected chi connectivity index (χ2v) is 4.68. The van der Waals surface area contributed by atoms with Crippen molar-refractivity contribution in [1.29, 1.82) is 0 Å². The zero-order chi connectivity index (χ0) is 11.8. The molecule has 90 valence electrons. The molecule has 0 aliphatic heterocycles. The van der Waals surface area contributed by atoms with Crippen molar-refractivity contribution < 1.29 is 4.79 Å². The zero-order valence-electron chi connectivity index (χ0n) is 10.4. The van der Waals surface area contributed by atoms with E-state index in [9.17, 15) is 4.79 Å². The highest BCUT2D eigenvalue weighted by atomic mass is 16.2. The van der Waals surface area contributed by atoms with Gasteiger partial charge in [-0.1, -0.05) is 13.8 Å². The molecule has 0 spiro atoms. The van der Waals surface area contributed by atoms with E-state index in [0.29, 0.717) is 12.5 Å². The van der Waals surface area contributed by atoms with E-state index in [2.05, 4.69) is 24.1 Å². The van der Waals surface area contributed by atoms with Gasteiger partial charge in [-0.05, 0) is 39.4 Å². The second kappa shape index (κ2) is 7.65. The lowest BCUT2D eigenvalue weighted by molar-refractivity contribution is -0.122. The molecule has 0 radical (unpaired) electrons. The van der Waals surface area contributed by atoms with Crippen molar-refractivity contribution in [3.8, 4) is 0 Å². The number of rotatable bonds is 7. The molecule has 0 aromatic rings. The third-order valence-electron chi connectivity index (χ3n) is 2.14. The largest absolute Gasteiger partial charge is 0.355 e. The Morgan fingerprint density at radius 1 is 1.40 bits per heavy atom. The van der Waals surface area contributed by atoms with Gasteiger partial charge >= 0.3 is 0 Å². The molecule has 4 nitrogen and oxygen atoms in total. The first-order valence-electron chi connectivity index (χ1n) is 5.61. The number of carbonyl (C=O) groups excluding carboxylic acids is 1.